The second kappa shape index (κ2) is 6.78. The van der Waals surface area contributed by atoms with Gasteiger partial charge in [-0.1, -0.05) is 0 Å². The highest BCUT2D eigenvalue weighted by atomic mass is 19.4. The summed E-state index contributed by atoms with van der Waals surface area (Å²) < 4.78 is 45.5. The number of ether oxygens (including phenoxy) is 1. The summed E-state index contributed by atoms with van der Waals surface area (Å²) in [6.07, 6.45) is -0.872. The van der Waals surface area contributed by atoms with E-state index in [0.717, 1.165) is 12.1 Å². The standard InChI is InChI=1S/C19H15F3N4O4/c1-2-30-17(27)18(6-7-18)15-5-8-23-16-13(10-24-25(15)16)12-4-3-11(19(20,21)22)9-14(12)26(28)29/h3-5,8-10H,2,6-7H2,1H3. The Labute approximate surface area is 167 Å². The van der Waals surface area contributed by atoms with Gasteiger partial charge in [0.15, 0.2) is 5.65 Å². The van der Waals surface area contributed by atoms with Crippen molar-refractivity contribution in [1.29, 1.82) is 0 Å². The average Bonchev–Trinajstić information content (AvgIpc) is 3.39. The van der Waals surface area contributed by atoms with Crippen molar-refractivity contribution in [2.45, 2.75) is 31.4 Å². The first kappa shape index (κ1) is 19.8. The molecule has 0 N–H and O–H groups in total. The molecule has 11 heteroatoms. The number of aromatic nitrogens is 3. The van der Waals surface area contributed by atoms with E-state index in [2.05, 4.69) is 10.1 Å². The van der Waals surface area contributed by atoms with Crippen molar-refractivity contribution < 1.29 is 27.6 Å². The van der Waals surface area contributed by atoms with Gasteiger partial charge in [0.05, 0.1) is 40.1 Å². The largest absolute Gasteiger partial charge is 0.465 e. The smallest absolute Gasteiger partial charge is 0.416 e. The predicted octanol–water partition coefficient (Wildman–Crippen LogP) is 3.92. The lowest BCUT2D eigenvalue weighted by Crippen LogP contribution is -2.26. The number of hydrogen-bond donors (Lipinski definition) is 0. The second-order valence-electron chi connectivity index (χ2n) is 6.91. The number of esters is 1. The highest BCUT2D eigenvalue weighted by Gasteiger charge is 2.54. The molecule has 1 aromatic carbocycles. The summed E-state index contributed by atoms with van der Waals surface area (Å²) in [6, 6.07) is 3.92. The molecule has 2 heterocycles. The van der Waals surface area contributed by atoms with Crippen LogP contribution >= 0.6 is 0 Å². The molecule has 4 rings (SSSR count). The van der Waals surface area contributed by atoms with E-state index in [-0.39, 0.29) is 23.4 Å². The van der Waals surface area contributed by atoms with Crippen LogP contribution in [0.1, 0.15) is 31.0 Å². The fraction of sp³-hybridized carbons (Fsp3) is 0.316. The van der Waals surface area contributed by atoms with Crippen molar-refractivity contribution >= 4 is 17.3 Å². The van der Waals surface area contributed by atoms with Crippen LogP contribution < -0.4 is 0 Å². The van der Waals surface area contributed by atoms with E-state index >= 15 is 0 Å². The summed E-state index contributed by atoms with van der Waals surface area (Å²) in [7, 11) is 0. The molecule has 30 heavy (non-hydrogen) atoms. The zero-order valence-electron chi connectivity index (χ0n) is 15.6. The average molecular weight is 420 g/mol. The third-order valence-corrected chi connectivity index (χ3v) is 5.12. The number of nitro groups is 1. The molecule has 0 radical (unpaired) electrons. The molecule has 1 aliphatic rings. The molecule has 0 bridgehead atoms. The monoisotopic (exact) mass is 420 g/mol. The fourth-order valence-corrected chi connectivity index (χ4v) is 3.49. The number of carbonyl (C=O) groups is 1. The van der Waals surface area contributed by atoms with Gasteiger partial charge < -0.3 is 4.74 Å². The van der Waals surface area contributed by atoms with E-state index in [0.29, 0.717) is 24.6 Å². The molecule has 1 saturated carbocycles. The summed E-state index contributed by atoms with van der Waals surface area (Å²) in [5.74, 6) is -0.393. The van der Waals surface area contributed by atoms with Crippen LogP contribution in [0.5, 0.6) is 0 Å². The number of halogens is 3. The first-order valence-corrected chi connectivity index (χ1v) is 9.05. The molecule has 0 saturated heterocycles. The lowest BCUT2D eigenvalue weighted by Gasteiger charge is -2.15. The number of nitro benzene ring substituents is 1. The first-order valence-electron chi connectivity index (χ1n) is 9.05. The van der Waals surface area contributed by atoms with Gasteiger partial charge in [0.25, 0.3) is 5.69 Å². The Bertz CT molecular complexity index is 1170. The minimum Gasteiger partial charge on any atom is -0.465 e. The summed E-state index contributed by atoms with van der Waals surface area (Å²) in [5, 5.41) is 15.7. The molecule has 1 aliphatic carbocycles. The number of hydrogen-bond acceptors (Lipinski definition) is 6. The lowest BCUT2D eigenvalue weighted by molar-refractivity contribution is -0.384. The number of nitrogens with zero attached hydrogens (tertiary/aromatic N) is 4. The van der Waals surface area contributed by atoms with Gasteiger partial charge in [0.1, 0.15) is 5.41 Å². The Balaban J connectivity index is 1.87. The Morgan fingerprint density at radius 2 is 2.03 bits per heavy atom. The fourth-order valence-electron chi connectivity index (χ4n) is 3.49. The van der Waals surface area contributed by atoms with Crippen molar-refractivity contribution in [3.63, 3.8) is 0 Å². The molecule has 0 unspecified atom stereocenters. The van der Waals surface area contributed by atoms with Crippen molar-refractivity contribution in [2.24, 2.45) is 0 Å². The Kier molecular flexibility index (Phi) is 4.48. The maximum absolute atomic E-state index is 13.0. The quantitative estimate of drug-likeness (QED) is 0.352. The first-order chi connectivity index (χ1) is 14.2. The Morgan fingerprint density at radius 1 is 1.30 bits per heavy atom. The van der Waals surface area contributed by atoms with Crippen LogP contribution in [-0.2, 0) is 21.1 Å². The molecular formula is C19H15F3N4O4. The van der Waals surface area contributed by atoms with E-state index in [1.165, 1.54) is 16.9 Å². The number of rotatable bonds is 5. The molecule has 0 atom stereocenters. The van der Waals surface area contributed by atoms with Gasteiger partial charge in [-0.25, -0.2) is 9.50 Å². The predicted molar refractivity (Wildman–Crippen MR) is 97.6 cm³/mol. The van der Waals surface area contributed by atoms with E-state index in [1.54, 1.807) is 13.0 Å². The van der Waals surface area contributed by atoms with Gasteiger partial charge in [-0.15, -0.1) is 0 Å². The van der Waals surface area contributed by atoms with Gasteiger partial charge >= 0.3 is 12.1 Å². The maximum Gasteiger partial charge on any atom is 0.416 e. The molecule has 0 amide bonds. The molecule has 0 spiro atoms. The van der Waals surface area contributed by atoms with Crippen LogP contribution in [0.2, 0.25) is 0 Å². The molecule has 156 valence electrons. The number of fused-ring (bicyclic) bond motifs is 1. The molecule has 3 aromatic rings. The summed E-state index contributed by atoms with van der Waals surface area (Å²) in [4.78, 5) is 27.2. The van der Waals surface area contributed by atoms with Crippen LogP contribution in [0.3, 0.4) is 0 Å². The van der Waals surface area contributed by atoms with Gasteiger partial charge in [0, 0.05) is 12.3 Å². The van der Waals surface area contributed by atoms with Gasteiger partial charge in [-0.2, -0.15) is 18.3 Å². The minimum absolute atomic E-state index is 0.0476. The van der Waals surface area contributed by atoms with Crippen molar-refractivity contribution in [3.8, 4) is 11.1 Å². The van der Waals surface area contributed by atoms with Crippen LogP contribution in [0.4, 0.5) is 18.9 Å². The highest BCUT2D eigenvalue weighted by molar-refractivity contribution is 5.87. The zero-order chi connectivity index (χ0) is 21.7. The van der Waals surface area contributed by atoms with Crippen molar-refractivity contribution in [2.75, 3.05) is 6.61 Å². The molecular weight excluding hydrogens is 405 g/mol. The Morgan fingerprint density at radius 3 is 2.63 bits per heavy atom. The molecule has 8 nitrogen and oxygen atoms in total. The van der Waals surface area contributed by atoms with E-state index < -0.39 is 33.7 Å². The lowest BCUT2D eigenvalue weighted by atomic mass is 10.0. The third kappa shape index (κ3) is 3.06. The number of alkyl halides is 3. The van der Waals surface area contributed by atoms with Crippen molar-refractivity contribution in [3.05, 3.63) is 58.0 Å². The normalized spacial score (nSPS) is 15.2. The number of carbonyl (C=O) groups excluding carboxylic acids is 1. The SMILES string of the molecule is CCOC(=O)C1(c2ccnc3c(-c4ccc(C(F)(F)F)cc4[N+](=O)[O-])cnn23)CC1. The van der Waals surface area contributed by atoms with Gasteiger partial charge in [-0.3, -0.25) is 14.9 Å². The number of benzene rings is 1. The summed E-state index contributed by atoms with van der Waals surface area (Å²) >= 11 is 0. The topological polar surface area (TPSA) is 99.6 Å². The van der Waals surface area contributed by atoms with E-state index in [9.17, 15) is 28.1 Å². The van der Waals surface area contributed by atoms with Gasteiger partial charge in [0.2, 0.25) is 0 Å². The highest BCUT2D eigenvalue weighted by Crippen LogP contribution is 2.49. The molecule has 2 aromatic heterocycles. The summed E-state index contributed by atoms with van der Waals surface area (Å²) in [5.41, 5.74) is -1.84. The maximum atomic E-state index is 13.0. The summed E-state index contributed by atoms with van der Waals surface area (Å²) in [6.45, 7) is 1.92. The third-order valence-electron chi connectivity index (χ3n) is 5.12. The van der Waals surface area contributed by atoms with Crippen LogP contribution in [0.15, 0.2) is 36.7 Å². The van der Waals surface area contributed by atoms with Crippen LogP contribution in [0.25, 0.3) is 16.8 Å². The van der Waals surface area contributed by atoms with Gasteiger partial charge in [-0.05, 0) is 38.0 Å². The van der Waals surface area contributed by atoms with Crippen LogP contribution in [-0.4, -0.2) is 32.1 Å². The van der Waals surface area contributed by atoms with E-state index in [1.807, 2.05) is 0 Å². The minimum atomic E-state index is -4.71. The molecule has 0 aliphatic heterocycles. The van der Waals surface area contributed by atoms with E-state index in [4.69, 9.17) is 4.74 Å². The Hall–Kier alpha value is -3.50. The zero-order valence-corrected chi connectivity index (χ0v) is 15.6. The van der Waals surface area contributed by atoms with Crippen LogP contribution in [0, 0.1) is 10.1 Å². The second-order valence-corrected chi connectivity index (χ2v) is 6.91. The van der Waals surface area contributed by atoms with Crippen molar-refractivity contribution in [1.82, 2.24) is 14.6 Å². The molecule has 1 fully saturated rings.